The second kappa shape index (κ2) is 7.41. The maximum atomic E-state index is 10.1. The molecule has 0 heterocycles. The summed E-state index contributed by atoms with van der Waals surface area (Å²) in [5.74, 6) is 0.748. The van der Waals surface area contributed by atoms with Gasteiger partial charge in [-0.1, -0.05) is 53.7 Å². The number of aliphatic hydroxyl groups excluding tert-OH is 1. The fourth-order valence-electron chi connectivity index (χ4n) is 2.92. The van der Waals surface area contributed by atoms with Gasteiger partial charge < -0.3 is 10.4 Å². The monoisotopic (exact) mass is 325 g/mol. The highest BCUT2D eigenvalue weighted by atomic mass is 79.9. The standard InChI is InChI=1S/C16H24BrNO/c1-12(14-7-4-8-15(17)10-14)18-11-16(19)9-13-5-2-3-6-13/h4,7-8,10,12-13,16,18-19H,2-3,5-6,9,11H2,1H3/t12-,16?/m0/s1. The zero-order valence-corrected chi connectivity index (χ0v) is 13.2. The molecule has 0 radical (unpaired) electrons. The van der Waals surface area contributed by atoms with Gasteiger partial charge >= 0.3 is 0 Å². The average Bonchev–Trinajstić information content (AvgIpc) is 2.88. The van der Waals surface area contributed by atoms with Crippen molar-refractivity contribution in [2.24, 2.45) is 5.92 Å². The first-order valence-electron chi connectivity index (χ1n) is 7.32. The smallest absolute Gasteiger partial charge is 0.0667 e. The van der Waals surface area contributed by atoms with E-state index in [-0.39, 0.29) is 12.1 Å². The van der Waals surface area contributed by atoms with Crippen LogP contribution in [0.25, 0.3) is 0 Å². The zero-order valence-electron chi connectivity index (χ0n) is 11.6. The van der Waals surface area contributed by atoms with Crippen LogP contribution in [0, 0.1) is 5.92 Å². The molecule has 3 heteroatoms. The minimum Gasteiger partial charge on any atom is -0.392 e. The van der Waals surface area contributed by atoms with Crippen LogP contribution in [0.1, 0.15) is 50.6 Å². The largest absolute Gasteiger partial charge is 0.392 e. The highest BCUT2D eigenvalue weighted by molar-refractivity contribution is 9.10. The van der Waals surface area contributed by atoms with E-state index in [1.807, 2.05) is 12.1 Å². The van der Waals surface area contributed by atoms with Crippen molar-refractivity contribution in [3.05, 3.63) is 34.3 Å². The highest BCUT2D eigenvalue weighted by Crippen LogP contribution is 2.28. The van der Waals surface area contributed by atoms with Crippen LogP contribution in [-0.2, 0) is 0 Å². The lowest BCUT2D eigenvalue weighted by Gasteiger charge is -2.19. The third-order valence-corrected chi connectivity index (χ3v) is 4.58. The minimum atomic E-state index is -0.210. The molecule has 1 aromatic rings. The molecule has 1 unspecified atom stereocenters. The number of benzene rings is 1. The number of aliphatic hydroxyl groups is 1. The maximum Gasteiger partial charge on any atom is 0.0667 e. The summed E-state index contributed by atoms with van der Waals surface area (Å²) in [5.41, 5.74) is 1.25. The fourth-order valence-corrected chi connectivity index (χ4v) is 3.34. The lowest BCUT2D eigenvalue weighted by Crippen LogP contribution is -2.30. The Kier molecular flexibility index (Phi) is 5.86. The van der Waals surface area contributed by atoms with E-state index in [1.165, 1.54) is 31.2 Å². The molecule has 1 aromatic carbocycles. The normalized spacial score (nSPS) is 19.5. The van der Waals surface area contributed by atoms with Crippen molar-refractivity contribution in [2.45, 2.75) is 51.2 Å². The van der Waals surface area contributed by atoms with Crippen LogP contribution in [0.2, 0.25) is 0 Å². The molecule has 0 saturated heterocycles. The van der Waals surface area contributed by atoms with Gasteiger partial charge in [0.2, 0.25) is 0 Å². The lowest BCUT2D eigenvalue weighted by molar-refractivity contribution is 0.137. The molecule has 1 fully saturated rings. The van der Waals surface area contributed by atoms with Gasteiger partial charge in [-0.2, -0.15) is 0 Å². The van der Waals surface area contributed by atoms with E-state index in [9.17, 15) is 5.11 Å². The number of rotatable bonds is 6. The van der Waals surface area contributed by atoms with E-state index in [1.54, 1.807) is 0 Å². The van der Waals surface area contributed by atoms with Gasteiger partial charge in [0.05, 0.1) is 6.10 Å². The van der Waals surface area contributed by atoms with Crippen LogP contribution in [0.4, 0.5) is 0 Å². The van der Waals surface area contributed by atoms with Crippen molar-refractivity contribution in [1.82, 2.24) is 5.32 Å². The molecule has 2 N–H and O–H groups in total. The predicted octanol–water partition coefficient (Wildman–Crippen LogP) is 4.04. The molecule has 106 valence electrons. The van der Waals surface area contributed by atoms with E-state index in [4.69, 9.17) is 0 Å². The molecule has 1 aliphatic rings. The van der Waals surface area contributed by atoms with Gasteiger partial charge in [-0.25, -0.2) is 0 Å². The van der Waals surface area contributed by atoms with Gasteiger partial charge in [0.1, 0.15) is 0 Å². The molecule has 2 rings (SSSR count). The Morgan fingerprint density at radius 1 is 1.37 bits per heavy atom. The second-order valence-electron chi connectivity index (χ2n) is 5.72. The molecular weight excluding hydrogens is 302 g/mol. The molecule has 0 aliphatic heterocycles. The Hall–Kier alpha value is -0.380. The first-order chi connectivity index (χ1) is 9.15. The van der Waals surface area contributed by atoms with Crippen LogP contribution >= 0.6 is 15.9 Å². The van der Waals surface area contributed by atoms with Crippen LogP contribution in [0.5, 0.6) is 0 Å². The Morgan fingerprint density at radius 3 is 2.79 bits per heavy atom. The lowest BCUT2D eigenvalue weighted by atomic mass is 10.00. The summed E-state index contributed by atoms with van der Waals surface area (Å²) in [6, 6.07) is 8.60. The molecule has 0 aromatic heterocycles. The molecule has 19 heavy (non-hydrogen) atoms. The van der Waals surface area contributed by atoms with Crippen molar-refractivity contribution in [2.75, 3.05) is 6.54 Å². The third-order valence-electron chi connectivity index (χ3n) is 4.09. The first kappa shape index (κ1) is 15.0. The second-order valence-corrected chi connectivity index (χ2v) is 6.64. The van der Waals surface area contributed by atoms with Crippen LogP contribution in [-0.4, -0.2) is 17.8 Å². The topological polar surface area (TPSA) is 32.3 Å². The summed E-state index contributed by atoms with van der Waals surface area (Å²) in [4.78, 5) is 0. The average molecular weight is 326 g/mol. The van der Waals surface area contributed by atoms with E-state index in [2.05, 4.69) is 40.3 Å². The summed E-state index contributed by atoms with van der Waals surface area (Å²) in [7, 11) is 0. The van der Waals surface area contributed by atoms with Gasteiger partial charge in [-0.05, 0) is 37.0 Å². The van der Waals surface area contributed by atoms with Crippen molar-refractivity contribution in [3.63, 3.8) is 0 Å². The zero-order chi connectivity index (χ0) is 13.7. The van der Waals surface area contributed by atoms with Gasteiger partial charge in [0.25, 0.3) is 0 Å². The molecular formula is C16H24BrNO. The summed E-state index contributed by atoms with van der Waals surface area (Å²) in [6.45, 7) is 2.83. The predicted molar refractivity (Wildman–Crippen MR) is 83.1 cm³/mol. The Morgan fingerprint density at radius 2 is 2.11 bits per heavy atom. The highest BCUT2D eigenvalue weighted by Gasteiger charge is 2.19. The van der Waals surface area contributed by atoms with Crippen LogP contribution in [0.15, 0.2) is 28.7 Å². The van der Waals surface area contributed by atoms with Crippen molar-refractivity contribution < 1.29 is 5.11 Å². The Bertz CT molecular complexity index is 390. The Balaban J connectivity index is 1.74. The number of hydrogen-bond acceptors (Lipinski definition) is 2. The van der Waals surface area contributed by atoms with Crippen molar-refractivity contribution >= 4 is 15.9 Å². The Labute approximate surface area is 124 Å². The molecule has 1 saturated carbocycles. The first-order valence-corrected chi connectivity index (χ1v) is 8.11. The maximum absolute atomic E-state index is 10.1. The van der Waals surface area contributed by atoms with E-state index >= 15 is 0 Å². The van der Waals surface area contributed by atoms with Crippen molar-refractivity contribution in [1.29, 1.82) is 0 Å². The van der Waals surface area contributed by atoms with Gasteiger partial charge in [0, 0.05) is 17.1 Å². The van der Waals surface area contributed by atoms with Gasteiger partial charge in [-0.3, -0.25) is 0 Å². The third kappa shape index (κ3) is 4.90. The molecule has 0 amide bonds. The van der Waals surface area contributed by atoms with Crippen molar-refractivity contribution in [3.8, 4) is 0 Å². The molecule has 2 atom stereocenters. The summed E-state index contributed by atoms with van der Waals surface area (Å²) < 4.78 is 1.10. The SMILES string of the molecule is C[C@H](NCC(O)CC1CCCC1)c1cccc(Br)c1. The fraction of sp³-hybridized carbons (Fsp3) is 0.625. The van der Waals surface area contributed by atoms with E-state index in [0.29, 0.717) is 6.54 Å². The van der Waals surface area contributed by atoms with Crippen LogP contribution in [0.3, 0.4) is 0 Å². The minimum absolute atomic E-state index is 0.210. The summed E-state index contributed by atoms with van der Waals surface area (Å²) in [6.07, 6.45) is 6.05. The van der Waals surface area contributed by atoms with Gasteiger partial charge in [0.15, 0.2) is 0 Å². The molecule has 2 nitrogen and oxygen atoms in total. The molecule has 0 spiro atoms. The van der Waals surface area contributed by atoms with Gasteiger partial charge in [-0.15, -0.1) is 0 Å². The quantitative estimate of drug-likeness (QED) is 0.827. The molecule has 1 aliphatic carbocycles. The summed E-state index contributed by atoms with van der Waals surface area (Å²) >= 11 is 3.49. The van der Waals surface area contributed by atoms with Crippen LogP contribution < -0.4 is 5.32 Å². The molecule has 0 bridgehead atoms. The number of nitrogens with one attached hydrogen (secondary N) is 1. The summed E-state index contributed by atoms with van der Waals surface area (Å²) in [5, 5.41) is 13.5. The number of halogens is 1. The number of hydrogen-bond donors (Lipinski definition) is 2. The van der Waals surface area contributed by atoms with E-state index in [0.717, 1.165) is 16.8 Å². The van der Waals surface area contributed by atoms with E-state index < -0.39 is 0 Å².